The summed E-state index contributed by atoms with van der Waals surface area (Å²) in [4.78, 5) is 5.09. The van der Waals surface area contributed by atoms with E-state index in [2.05, 4.69) is 140 Å². The smallest absolute Gasteiger partial charge is 0.143 e. The predicted molar refractivity (Wildman–Crippen MR) is 186 cm³/mol. The summed E-state index contributed by atoms with van der Waals surface area (Å²) in [6, 6.07) is 53.4. The Balaban J connectivity index is 1.29. The third kappa shape index (κ3) is 3.98. The van der Waals surface area contributed by atoms with Gasteiger partial charge < -0.3 is 4.42 Å². The standard InChI is InChI=1S/C41H25NOS/c1-3-12-26(13-4-1)36-24-28(25-37(42-36)27-14-5-2-6-15-27)29-17-9-18-31-32-19-10-20-33(40(32)43-39(29)31)35-22-11-21-34-30-16-7-8-23-38(30)44-41(34)35/h1-25H. The highest BCUT2D eigenvalue weighted by molar-refractivity contribution is 7.26. The maximum atomic E-state index is 6.92. The van der Waals surface area contributed by atoms with Crippen LogP contribution in [0.15, 0.2) is 156 Å². The van der Waals surface area contributed by atoms with Crippen molar-refractivity contribution in [2.24, 2.45) is 0 Å². The first-order chi connectivity index (χ1) is 21.8. The molecule has 206 valence electrons. The van der Waals surface area contributed by atoms with Crippen LogP contribution in [0.4, 0.5) is 0 Å². The highest BCUT2D eigenvalue weighted by atomic mass is 32.1. The molecule has 0 saturated carbocycles. The van der Waals surface area contributed by atoms with Crippen molar-refractivity contribution in [3.05, 3.63) is 152 Å². The van der Waals surface area contributed by atoms with E-state index in [0.717, 1.165) is 61.1 Å². The summed E-state index contributed by atoms with van der Waals surface area (Å²) in [7, 11) is 0. The van der Waals surface area contributed by atoms with Crippen LogP contribution in [0.25, 0.3) is 86.9 Å². The molecule has 0 aliphatic rings. The molecule has 0 saturated heterocycles. The molecule has 3 heteroatoms. The number of nitrogens with zero attached hydrogens (tertiary/aromatic N) is 1. The second-order valence-electron chi connectivity index (χ2n) is 11.1. The fourth-order valence-electron chi connectivity index (χ4n) is 6.42. The summed E-state index contributed by atoms with van der Waals surface area (Å²) in [6.45, 7) is 0. The quantitative estimate of drug-likeness (QED) is 0.207. The first-order valence-corrected chi connectivity index (χ1v) is 15.6. The number of fused-ring (bicyclic) bond motifs is 6. The molecule has 0 radical (unpaired) electrons. The van der Waals surface area contributed by atoms with Gasteiger partial charge in [0.05, 0.1) is 11.4 Å². The molecule has 0 atom stereocenters. The average molecular weight is 580 g/mol. The Bertz CT molecular complexity index is 2430. The average Bonchev–Trinajstić information content (AvgIpc) is 3.68. The lowest BCUT2D eigenvalue weighted by Gasteiger charge is -2.10. The zero-order valence-electron chi connectivity index (χ0n) is 23.7. The Morgan fingerprint density at radius 1 is 0.409 bits per heavy atom. The lowest BCUT2D eigenvalue weighted by molar-refractivity contribution is 0.671. The van der Waals surface area contributed by atoms with Crippen LogP contribution in [0.2, 0.25) is 0 Å². The van der Waals surface area contributed by atoms with E-state index in [1.807, 2.05) is 23.5 Å². The second kappa shape index (κ2) is 10.0. The van der Waals surface area contributed by atoms with Crippen molar-refractivity contribution in [1.82, 2.24) is 4.98 Å². The van der Waals surface area contributed by atoms with Gasteiger partial charge in [-0.3, -0.25) is 0 Å². The highest BCUT2D eigenvalue weighted by Gasteiger charge is 2.19. The molecule has 0 aliphatic carbocycles. The minimum absolute atomic E-state index is 0.891. The number of hydrogen-bond donors (Lipinski definition) is 0. The Labute approximate surface area is 258 Å². The summed E-state index contributed by atoms with van der Waals surface area (Å²) < 4.78 is 9.51. The summed E-state index contributed by atoms with van der Waals surface area (Å²) >= 11 is 1.85. The minimum atomic E-state index is 0.891. The molecule has 0 unspecified atom stereocenters. The number of furan rings is 1. The second-order valence-corrected chi connectivity index (χ2v) is 12.2. The van der Waals surface area contributed by atoms with E-state index < -0.39 is 0 Å². The highest BCUT2D eigenvalue weighted by Crippen LogP contribution is 2.45. The van der Waals surface area contributed by atoms with Crippen molar-refractivity contribution in [1.29, 1.82) is 0 Å². The normalized spacial score (nSPS) is 11.6. The molecular formula is C41H25NOS. The van der Waals surface area contributed by atoms with Gasteiger partial charge in [-0.25, -0.2) is 4.98 Å². The van der Waals surface area contributed by atoms with Crippen molar-refractivity contribution in [3.8, 4) is 44.8 Å². The van der Waals surface area contributed by atoms with Crippen LogP contribution in [0.3, 0.4) is 0 Å². The molecule has 0 aliphatic heterocycles. The number of para-hydroxylation sites is 2. The molecular weight excluding hydrogens is 555 g/mol. The van der Waals surface area contributed by atoms with Crippen LogP contribution in [-0.4, -0.2) is 4.98 Å². The van der Waals surface area contributed by atoms with Crippen LogP contribution in [-0.2, 0) is 0 Å². The largest absolute Gasteiger partial charge is 0.455 e. The number of aromatic nitrogens is 1. The maximum absolute atomic E-state index is 6.92. The topological polar surface area (TPSA) is 26.0 Å². The molecule has 6 aromatic carbocycles. The molecule has 0 fully saturated rings. The van der Waals surface area contributed by atoms with Gasteiger partial charge in [-0.2, -0.15) is 0 Å². The number of benzene rings is 6. The molecule has 9 rings (SSSR count). The summed E-state index contributed by atoms with van der Waals surface area (Å²) in [5, 5.41) is 4.82. The van der Waals surface area contributed by atoms with Gasteiger partial charge in [-0.15, -0.1) is 11.3 Å². The van der Waals surface area contributed by atoms with Gasteiger partial charge in [0.25, 0.3) is 0 Å². The van der Waals surface area contributed by atoms with Crippen LogP contribution in [0.5, 0.6) is 0 Å². The van der Waals surface area contributed by atoms with Crippen molar-refractivity contribution in [2.75, 3.05) is 0 Å². The Kier molecular flexibility index (Phi) is 5.71. The predicted octanol–water partition coefficient (Wildman–Crippen LogP) is 12.0. The lowest BCUT2D eigenvalue weighted by Crippen LogP contribution is -1.91. The van der Waals surface area contributed by atoms with Gasteiger partial charge in [-0.05, 0) is 23.8 Å². The molecule has 9 aromatic rings. The van der Waals surface area contributed by atoms with Crippen molar-refractivity contribution >= 4 is 53.4 Å². The Morgan fingerprint density at radius 3 is 1.61 bits per heavy atom. The van der Waals surface area contributed by atoms with E-state index in [9.17, 15) is 0 Å². The SMILES string of the molecule is c1ccc(-c2cc(-c3cccc4c3oc3c(-c5cccc6c5sc5ccccc56)cccc34)cc(-c3ccccc3)n2)cc1. The first-order valence-electron chi connectivity index (χ1n) is 14.8. The molecule has 3 heterocycles. The van der Waals surface area contributed by atoms with Crippen LogP contribution < -0.4 is 0 Å². The molecule has 2 nitrogen and oxygen atoms in total. The van der Waals surface area contributed by atoms with Crippen LogP contribution in [0.1, 0.15) is 0 Å². The van der Waals surface area contributed by atoms with Crippen LogP contribution >= 0.6 is 11.3 Å². The zero-order valence-corrected chi connectivity index (χ0v) is 24.5. The molecule has 44 heavy (non-hydrogen) atoms. The third-order valence-electron chi connectivity index (χ3n) is 8.49. The number of rotatable bonds is 4. The summed E-state index contributed by atoms with van der Waals surface area (Å²) in [6.07, 6.45) is 0. The monoisotopic (exact) mass is 579 g/mol. The fourth-order valence-corrected chi connectivity index (χ4v) is 7.65. The summed E-state index contributed by atoms with van der Waals surface area (Å²) in [5.41, 5.74) is 10.3. The van der Waals surface area contributed by atoms with E-state index in [1.54, 1.807) is 0 Å². The minimum Gasteiger partial charge on any atom is -0.455 e. The number of hydrogen-bond acceptors (Lipinski definition) is 3. The summed E-state index contributed by atoms with van der Waals surface area (Å²) in [5.74, 6) is 0. The van der Waals surface area contributed by atoms with Gasteiger partial charge in [0.2, 0.25) is 0 Å². The van der Waals surface area contributed by atoms with Crippen LogP contribution in [0, 0.1) is 0 Å². The van der Waals surface area contributed by atoms with E-state index >= 15 is 0 Å². The van der Waals surface area contributed by atoms with Gasteiger partial charge >= 0.3 is 0 Å². The lowest BCUT2D eigenvalue weighted by atomic mass is 9.97. The molecule has 0 amide bonds. The fraction of sp³-hybridized carbons (Fsp3) is 0. The molecule has 0 N–H and O–H groups in total. The first kappa shape index (κ1) is 25.0. The Morgan fingerprint density at radius 2 is 0.932 bits per heavy atom. The third-order valence-corrected chi connectivity index (χ3v) is 9.71. The number of pyridine rings is 1. The van der Waals surface area contributed by atoms with Crippen molar-refractivity contribution in [2.45, 2.75) is 0 Å². The number of thiophene rings is 1. The van der Waals surface area contributed by atoms with E-state index in [1.165, 1.54) is 25.7 Å². The van der Waals surface area contributed by atoms with Gasteiger partial charge in [-0.1, -0.05) is 133 Å². The molecule has 0 spiro atoms. The van der Waals surface area contributed by atoms with E-state index in [4.69, 9.17) is 9.40 Å². The Hall–Kier alpha value is -5.51. The van der Waals surface area contributed by atoms with Gasteiger partial charge in [0, 0.05) is 58.8 Å². The van der Waals surface area contributed by atoms with Gasteiger partial charge in [0.1, 0.15) is 11.2 Å². The van der Waals surface area contributed by atoms with E-state index in [-0.39, 0.29) is 0 Å². The van der Waals surface area contributed by atoms with Crippen molar-refractivity contribution < 1.29 is 4.42 Å². The van der Waals surface area contributed by atoms with E-state index in [0.29, 0.717) is 0 Å². The maximum Gasteiger partial charge on any atom is 0.143 e. The zero-order chi connectivity index (χ0) is 29.0. The van der Waals surface area contributed by atoms with Gasteiger partial charge in [0.15, 0.2) is 0 Å². The molecule has 0 bridgehead atoms. The molecule has 3 aromatic heterocycles. The van der Waals surface area contributed by atoms with Crippen molar-refractivity contribution in [3.63, 3.8) is 0 Å².